The standard InChI is InChI=1S/C28H25FN6O2/c1-17(2)10-21(16-36)33-27(37)23-7-6-20(13-24(23)29)26-15-32-28-31-14-22(35(28)34-26)12-18-5-8-25-19(11-18)4-3-9-30-25/h3-9,11,13-17,21H,10,12H2,1-2H3,(H,33,37)/t21-/m1/s1. The highest BCUT2D eigenvalue weighted by atomic mass is 19.1. The lowest BCUT2D eigenvalue weighted by molar-refractivity contribution is -0.109. The van der Waals surface area contributed by atoms with Crippen LogP contribution in [0.15, 0.2) is 67.1 Å². The van der Waals surface area contributed by atoms with Gasteiger partial charge in [-0.15, -0.1) is 0 Å². The van der Waals surface area contributed by atoms with Crippen LogP contribution in [0.25, 0.3) is 27.9 Å². The van der Waals surface area contributed by atoms with E-state index in [1.807, 2.05) is 38.1 Å². The lowest BCUT2D eigenvalue weighted by Crippen LogP contribution is -2.37. The Kier molecular flexibility index (Phi) is 6.68. The first kappa shape index (κ1) is 24.2. The molecule has 1 amide bonds. The van der Waals surface area contributed by atoms with Gasteiger partial charge < -0.3 is 10.1 Å². The molecule has 3 aromatic heterocycles. The zero-order valence-corrected chi connectivity index (χ0v) is 20.4. The molecule has 0 unspecified atom stereocenters. The van der Waals surface area contributed by atoms with Crippen LogP contribution in [0.3, 0.4) is 0 Å². The van der Waals surface area contributed by atoms with E-state index in [0.717, 1.165) is 22.2 Å². The van der Waals surface area contributed by atoms with Gasteiger partial charge in [0.15, 0.2) is 0 Å². The molecule has 1 N–H and O–H groups in total. The molecule has 3 heterocycles. The molecule has 37 heavy (non-hydrogen) atoms. The van der Waals surface area contributed by atoms with Crippen molar-refractivity contribution in [3.05, 3.63) is 89.8 Å². The molecule has 186 valence electrons. The third-order valence-corrected chi connectivity index (χ3v) is 6.07. The van der Waals surface area contributed by atoms with Crippen molar-refractivity contribution in [2.45, 2.75) is 32.7 Å². The molecule has 0 fully saturated rings. The Labute approximate surface area is 212 Å². The summed E-state index contributed by atoms with van der Waals surface area (Å²) in [6.07, 6.45) is 6.74. The Morgan fingerprint density at radius 2 is 1.92 bits per heavy atom. The molecule has 0 aliphatic carbocycles. The van der Waals surface area contributed by atoms with E-state index in [9.17, 15) is 14.0 Å². The van der Waals surface area contributed by atoms with Crippen molar-refractivity contribution in [3.63, 3.8) is 0 Å². The molecule has 0 saturated carbocycles. The summed E-state index contributed by atoms with van der Waals surface area (Å²) in [4.78, 5) is 36.9. The zero-order chi connectivity index (χ0) is 25.9. The zero-order valence-electron chi connectivity index (χ0n) is 20.4. The number of aldehydes is 1. The smallest absolute Gasteiger partial charge is 0.254 e. The molecule has 8 nitrogen and oxygen atoms in total. The Bertz CT molecular complexity index is 1610. The van der Waals surface area contributed by atoms with Gasteiger partial charge >= 0.3 is 0 Å². The lowest BCUT2D eigenvalue weighted by atomic mass is 10.0. The molecule has 0 saturated heterocycles. The Morgan fingerprint density at radius 3 is 2.70 bits per heavy atom. The normalized spacial score (nSPS) is 12.2. The van der Waals surface area contributed by atoms with E-state index in [2.05, 4.69) is 31.4 Å². The fourth-order valence-corrected chi connectivity index (χ4v) is 4.28. The Morgan fingerprint density at radius 1 is 1.08 bits per heavy atom. The van der Waals surface area contributed by atoms with Crippen molar-refractivity contribution in [1.82, 2.24) is 29.9 Å². The van der Waals surface area contributed by atoms with Crippen LogP contribution in [0.4, 0.5) is 4.39 Å². The molecule has 5 aromatic rings. The van der Waals surface area contributed by atoms with Crippen LogP contribution in [-0.2, 0) is 11.2 Å². The maximum absolute atomic E-state index is 14.9. The van der Waals surface area contributed by atoms with Gasteiger partial charge in [-0.2, -0.15) is 5.10 Å². The number of pyridine rings is 1. The van der Waals surface area contributed by atoms with Gasteiger partial charge in [0.25, 0.3) is 11.7 Å². The van der Waals surface area contributed by atoms with Gasteiger partial charge in [0.05, 0.1) is 35.2 Å². The van der Waals surface area contributed by atoms with Crippen LogP contribution in [-0.4, -0.2) is 42.8 Å². The number of imidazole rings is 1. The van der Waals surface area contributed by atoms with E-state index >= 15 is 0 Å². The van der Waals surface area contributed by atoms with Gasteiger partial charge in [0.1, 0.15) is 17.8 Å². The van der Waals surface area contributed by atoms with Crippen molar-refractivity contribution in [1.29, 1.82) is 0 Å². The van der Waals surface area contributed by atoms with Crippen LogP contribution >= 0.6 is 0 Å². The fraction of sp³-hybridized carbons (Fsp3) is 0.214. The first-order chi connectivity index (χ1) is 17.9. The van der Waals surface area contributed by atoms with Crippen LogP contribution in [0.2, 0.25) is 0 Å². The number of hydrogen-bond donors (Lipinski definition) is 1. The SMILES string of the molecule is CC(C)C[C@H](C=O)NC(=O)c1ccc(-c2cnc3ncc(Cc4ccc5ncccc5c4)n3n2)cc1F. The maximum atomic E-state index is 14.9. The summed E-state index contributed by atoms with van der Waals surface area (Å²) in [6, 6.07) is 13.6. The van der Waals surface area contributed by atoms with Crippen molar-refractivity contribution in [2.24, 2.45) is 5.92 Å². The lowest BCUT2D eigenvalue weighted by Gasteiger charge is -2.15. The third-order valence-electron chi connectivity index (χ3n) is 6.07. The molecule has 0 spiro atoms. The van der Waals surface area contributed by atoms with Gasteiger partial charge in [-0.3, -0.25) is 9.78 Å². The van der Waals surface area contributed by atoms with Gasteiger partial charge in [-0.05, 0) is 48.2 Å². The topological polar surface area (TPSA) is 102 Å². The highest BCUT2D eigenvalue weighted by Crippen LogP contribution is 2.22. The quantitative estimate of drug-likeness (QED) is 0.319. The molecule has 2 aromatic carbocycles. The molecule has 0 aliphatic heterocycles. The number of benzene rings is 2. The van der Waals surface area contributed by atoms with Gasteiger partial charge in [-0.25, -0.2) is 18.9 Å². The molecule has 0 aliphatic rings. The summed E-state index contributed by atoms with van der Waals surface area (Å²) in [5, 5.41) is 8.27. The highest BCUT2D eigenvalue weighted by molar-refractivity contribution is 5.96. The summed E-state index contributed by atoms with van der Waals surface area (Å²) < 4.78 is 16.6. The molecule has 9 heteroatoms. The van der Waals surface area contributed by atoms with E-state index in [1.54, 1.807) is 23.0 Å². The van der Waals surface area contributed by atoms with E-state index in [-0.39, 0.29) is 11.5 Å². The van der Waals surface area contributed by atoms with Crippen molar-refractivity contribution in [3.8, 4) is 11.3 Å². The molecule has 0 radical (unpaired) electrons. The van der Waals surface area contributed by atoms with Gasteiger partial charge in [0.2, 0.25) is 0 Å². The number of fused-ring (bicyclic) bond motifs is 2. The number of carbonyl (C=O) groups is 2. The second kappa shape index (κ2) is 10.2. The minimum absolute atomic E-state index is 0.137. The molecule has 1 atom stereocenters. The van der Waals surface area contributed by atoms with Crippen LogP contribution in [0.5, 0.6) is 0 Å². The van der Waals surface area contributed by atoms with Gasteiger partial charge in [0, 0.05) is 23.6 Å². The summed E-state index contributed by atoms with van der Waals surface area (Å²) in [7, 11) is 0. The predicted molar refractivity (Wildman–Crippen MR) is 137 cm³/mol. The maximum Gasteiger partial charge on any atom is 0.254 e. The van der Waals surface area contributed by atoms with E-state index in [4.69, 9.17) is 0 Å². The van der Waals surface area contributed by atoms with Crippen molar-refractivity contribution in [2.75, 3.05) is 0 Å². The Balaban J connectivity index is 1.40. The fourth-order valence-electron chi connectivity index (χ4n) is 4.28. The highest BCUT2D eigenvalue weighted by Gasteiger charge is 2.18. The van der Waals surface area contributed by atoms with E-state index in [0.29, 0.717) is 36.2 Å². The molecule has 0 bridgehead atoms. The van der Waals surface area contributed by atoms with Crippen molar-refractivity contribution >= 4 is 28.9 Å². The number of nitrogens with zero attached hydrogens (tertiary/aromatic N) is 5. The van der Waals surface area contributed by atoms with E-state index in [1.165, 1.54) is 18.3 Å². The molecular formula is C28H25FN6O2. The number of amides is 1. The summed E-state index contributed by atoms with van der Waals surface area (Å²) in [6.45, 7) is 3.89. The first-order valence-corrected chi connectivity index (χ1v) is 12.0. The number of nitrogens with one attached hydrogen (secondary N) is 1. The minimum atomic E-state index is -0.707. The number of halogens is 1. The van der Waals surface area contributed by atoms with Gasteiger partial charge in [-0.1, -0.05) is 32.0 Å². The van der Waals surface area contributed by atoms with Crippen LogP contribution in [0.1, 0.15) is 41.9 Å². The number of aromatic nitrogens is 5. The van der Waals surface area contributed by atoms with Crippen LogP contribution in [0, 0.1) is 11.7 Å². The first-order valence-electron chi connectivity index (χ1n) is 12.0. The number of carbonyl (C=O) groups excluding carboxylic acids is 2. The predicted octanol–water partition coefficient (Wildman–Crippen LogP) is 4.41. The molecular weight excluding hydrogens is 471 g/mol. The third kappa shape index (κ3) is 5.20. The minimum Gasteiger partial charge on any atom is -0.342 e. The molecule has 5 rings (SSSR count). The second-order valence-electron chi connectivity index (χ2n) is 9.35. The Hall–Kier alpha value is -4.53. The monoisotopic (exact) mass is 496 g/mol. The number of rotatable bonds is 8. The summed E-state index contributed by atoms with van der Waals surface area (Å²) >= 11 is 0. The average Bonchev–Trinajstić information content (AvgIpc) is 3.29. The largest absolute Gasteiger partial charge is 0.342 e. The summed E-state index contributed by atoms with van der Waals surface area (Å²) in [5.41, 5.74) is 3.59. The van der Waals surface area contributed by atoms with Crippen molar-refractivity contribution < 1.29 is 14.0 Å². The average molecular weight is 497 g/mol. The summed E-state index contributed by atoms with van der Waals surface area (Å²) in [5.74, 6) is -0.696. The second-order valence-corrected chi connectivity index (χ2v) is 9.35. The van der Waals surface area contributed by atoms with E-state index < -0.39 is 17.8 Å². The van der Waals surface area contributed by atoms with Crippen LogP contribution < -0.4 is 5.32 Å². The number of hydrogen-bond acceptors (Lipinski definition) is 6.